The van der Waals surface area contributed by atoms with E-state index in [1.807, 2.05) is 4.90 Å². The summed E-state index contributed by atoms with van der Waals surface area (Å²) in [6.07, 6.45) is -1.60. The molecule has 0 aromatic carbocycles. The van der Waals surface area contributed by atoms with Crippen molar-refractivity contribution in [3.05, 3.63) is 0 Å². The zero-order chi connectivity index (χ0) is 16.2. The largest absolute Gasteiger partial charge is 0.401 e. The van der Waals surface area contributed by atoms with Crippen molar-refractivity contribution < 1.29 is 18.0 Å². The van der Waals surface area contributed by atoms with Gasteiger partial charge in [0.2, 0.25) is 5.91 Å². The lowest BCUT2D eigenvalue weighted by molar-refractivity contribution is -0.147. The Kier molecular flexibility index (Phi) is 8.10. The van der Waals surface area contributed by atoms with Gasteiger partial charge in [-0.1, -0.05) is 6.92 Å². The van der Waals surface area contributed by atoms with E-state index in [1.54, 1.807) is 6.92 Å². The summed E-state index contributed by atoms with van der Waals surface area (Å²) >= 11 is 0. The molecule has 2 aliphatic rings. The summed E-state index contributed by atoms with van der Waals surface area (Å²) in [7, 11) is 0. The van der Waals surface area contributed by atoms with Gasteiger partial charge in [-0.25, -0.2) is 0 Å². The van der Waals surface area contributed by atoms with Gasteiger partial charge in [-0.05, 0) is 44.8 Å². The molecule has 0 bridgehead atoms. The number of alkyl halides is 3. The smallest absolute Gasteiger partial charge is 0.342 e. The topological polar surface area (TPSA) is 35.6 Å². The Labute approximate surface area is 142 Å². The molecule has 0 aliphatic carbocycles. The molecule has 136 valence electrons. The molecule has 0 aromatic rings. The molecule has 0 saturated carbocycles. The molecule has 0 spiro atoms. The molecule has 8 heteroatoms. The van der Waals surface area contributed by atoms with Gasteiger partial charge in [-0.2, -0.15) is 13.2 Å². The van der Waals surface area contributed by atoms with Crippen molar-refractivity contribution in [2.24, 2.45) is 11.8 Å². The van der Waals surface area contributed by atoms with E-state index >= 15 is 0 Å². The molecule has 0 radical (unpaired) electrons. The molecule has 1 atom stereocenters. The molecule has 4 nitrogen and oxygen atoms in total. The maximum atomic E-state index is 12.5. The van der Waals surface area contributed by atoms with Crippen LogP contribution in [0.4, 0.5) is 13.2 Å². The van der Waals surface area contributed by atoms with Gasteiger partial charge in [0.1, 0.15) is 0 Å². The zero-order valence-electron chi connectivity index (χ0n) is 13.6. The van der Waals surface area contributed by atoms with Crippen LogP contribution in [0.25, 0.3) is 0 Å². The van der Waals surface area contributed by atoms with Gasteiger partial charge in [0.15, 0.2) is 0 Å². The van der Waals surface area contributed by atoms with Crippen LogP contribution in [-0.4, -0.2) is 67.7 Å². The normalized spacial score (nSPS) is 23.2. The van der Waals surface area contributed by atoms with Crippen LogP contribution in [0.5, 0.6) is 0 Å². The first-order chi connectivity index (χ1) is 10.4. The minimum Gasteiger partial charge on any atom is -0.342 e. The molecular formula is C15H27ClF3N3O. The molecule has 2 fully saturated rings. The number of hydrogen-bond acceptors (Lipinski definition) is 3. The number of carbonyl (C=O) groups is 1. The maximum Gasteiger partial charge on any atom is 0.401 e. The zero-order valence-corrected chi connectivity index (χ0v) is 14.4. The number of nitrogens with zero attached hydrogens (tertiary/aromatic N) is 2. The SMILES string of the molecule is CCN(CC1CCN(C(=O)C2CCNCC2)C1)CC(F)(F)F.Cl. The maximum absolute atomic E-state index is 12.5. The van der Waals surface area contributed by atoms with Crippen molar-refractivity contribution in [3.8, 4) is 0 Å². The lowest BCUT2D eigenvalue weighted by atomic mass is 9.97. The average Bonchev–Trinajstić information content (AvgIpc) is 2.93. The Morgan fingerprint density at radius 1 is 1.26 bits per heavy atom. The van der Waals surface area contributed by atoms with Crippen LogP contribution in [0.1, 0.15) is 26.2 Å². The van der Waals surface area contributed by atoms with Gasteiger partial charge in [0.05, 0.1) is 6.54 Å². The third-order valence-corrected chi connectivity index (χ3v) is 4.65. The Morgan fingerprint density at radius 3 is 2.48 bits per heavy atom. The highest BCUT2D eigenvalue weighted by Gasteiger charge is 2.34. The van der Waals surface area contributed by atoms with Crippen LogP contribution in [0.3, 0.4) is 0 Å². The van der Waals surface area contributed by atoms with Crippen LogP contribution in [0, 0.1) is 11.8 Å². The van der Waals surface area contributed by atoms with Gasteiger partial charge in [-0.3, -0.25) is 9.69 Å². The lowest BCUT2D eigenvalue weighted by Gasteiger charge is -2.28. The molecule has 2 heterocycles. The summed E-state index contributed by atoms with van der Waals surface area (Å²) in [5.74, 6) is 0.452. The highest BCUT2D eigenvalue weighted by Crippen LogP contribution is 2.24. The molecule has 2 aliphatic heterocycles. The second-order valence-corrected chi connectivity index (χ2v) is 6.41. The summed E-state index contributed by atoms with van der Waals surface area (Å²) in [6, 6.07) is 0. The average molecular weight is 358 g/mol. The van der Waals surface area contributed by atoms with E-state index in [4.69, 9.17) is 0 Å². The standard InChI is InChI=1S/C15H26F3N3O.ClH/c1-2-20(11-15(16,17)18)9-12-5-8-21(10-12)14(22)13-3-6-19-7-4-13;/h12-13,19H,2-11H2,1H3;1H. The van der Waals surface area contributed by atoms with Crippen LogP contribution < -0.4 is 5.32 Å². The first kappa shape index (κ1) is 20.5. The summed E-state index contributed by atoms with van der Waals surface area (Å²) < 4.78 is 37.5. The van der Waals surface area contributed by atoms with Gasteiger partial charge in [-0.15, -0.1) is 12.4 Å². The number of amides is 1. The summed E-state index contributed by atoms with van der Waals surface area (Å²) in [6.45, 7) is 4.75. The van der Waals surface area contributed by atoms with E-state index < -0.39 is 12.7 Å². The molecule has 2 rings (SSSR count). The molecule has 1 N–H and O–H groups in total. The van der Waals surface area contributed by atoms with Gasteiger partial charge in [0, 0.05) is 25.6 Å². The van der Waals surface area contributed by atoms with Crippen LogP contribution >= 0.6 is 12.4 Å². The second-order valence-electron chi connectivity index (χ2n) is 6.41. The highest BCUT2D eigenvalue weighted by molar-refractivity contribution is 5.85. The Bertz CT molecular complexity index is 375. The van der Waals surface area contributed by atoms with Crippen LogP contribution in [0.15, 0.2) is 0 Å². The van der Waals surface area contributed by atoms with E-state index in [2.05, 4.69) is 5.32 Å². The molecular weight excluding hydrogens is 331 g/mol. The number of nitrogens with one attached hydrogen (secondary N) is 1. The highest BCUT2D eigenvalue weighted by atomic mass is 35.5. The fraction of sp³-hybridized carbons (Fsp3) is 0.933. The fourth-order valence-corrected chi connectivity index (χ4v) is 3.43. The van der Waals surface area contributed by atoms with Crippen molar-refractivity contribution in [2.45, 2.75) is 32.4 Å². The van der Waals surface area contributed by atoms with Crippen molar-refractivity contribution in [2.75, 3.05) is 45.8 Å². The van der Waals surface area contributed by atoms with E-state index in [0.29, 0.717) is 26.2 Å². The Hall–Kier alpha value is -0.530. The predicted octanol–water partition coefficient (Wildman–Crippen LogP) is 2.14. The van der Waals surface area contributed by atoms with Gasteiger partial charge >= 0.3 is 6.18 Å². The van der Waals surface area contributed by atoms with E-state index in [0.717, 1.165) is 32.4 Å². The van der Waals surface area contributed by atoms with E-state index in [9.17, 15) is 18.0 Å². The first-order valence-corrected chi connectivity index (χ1v) is 8.17. The van der Waals surface area contributed by atoms with Crippen molar-refractivity contribution in [1.82, 2.24) is 15.1 Å². The number of piperidine rings is 1. The number of carbonyl (C=O) groups excluding carboxylic acids is 1. The Morgan fingerprint density at radius 2 is 1.91 bits per heavy atom. The molecule has 1 amide bonds. The minimum absolute atomic E-state index is 0. The monoisotopic (exact) mass is 357 g/mol. The fourth-order valence-electron chi connectivity index (χ4n) is 3.43. The molecule has 0 aromatic heterocycles. The van der Waals surface area contributed by atoms with Gasteiger partial charge < -0.3 is 10.2 Å². The summed E-state index contributed by atoms with van der Waals surface area (Å²) in [5.41, 5.74) is 0. The summed E-state index contributed by atoms with van der Waals surface area (Å²) in [4.78, 5) is 15.7. The number of likely N-dealkylation sites (tertiary alicyclic amines) is 1. The van der Waals surface area contributed by atoms with Crippen molar-refractivity contribution in [3.63, 3.8) is 0 Å². The van der Waals surface area contributed by atoms with Crippen LogP contribution in [0.2, 0.25) is 0 Å². The van der Waals surface area contributed by atoms with Gasteiger partial charge in [0.25, 0.3) is 0 Å². The van der Waals surface area contributed by atoms with Crippen molar-refractivity contribution >= 4 is 18.3 Å². The number of halogens is 4. The quantitative estimate of drug-likeness (QED) is 0.819. The molecule has 23 heavy (non-hydrogen) atoms. The second kappa shape index (κ2) is 9.08. The van der Waals surface area contributed by atoms with E-state index in [1.165, 1.54) is 4.90 Å². The minimum atomic E-state index is -4.15. The van der Waals surface area contributed by atoms with Crippen LogP contribution in [-0.2, 0) is 4.79 Å². The third-order valence-electron chi connectivity index (χ3n) is 4.65. The van der Waals surface area contributed by atoms with Crippen molar-refractivity contribution in [1.29, 1.82) is 0 Å². The third kappa shape index (κ3) is 6.47. The Balaban J connectivity index is 0.00000264. The first-order valence-electron chi connectivity index (χ1n) is 8.17. The molecule has 2 saturated heterocycles. The van der Waals surface area contributed by atoms with E-state index in [-0.39, 0.29) is 30.2 Å². The summed E-state index contributed by atoms with van der Waals surface area (Å²) in [5, 5.41) is 3.24. The number of hydrogen-bond donors (Lipinski definition) is 1. The lowest BCUT2D eigenvalue weighted by Crippen LogP contribution is -2.41. The number of rotatable bonds is 5. The molecule has 1 unspecified atom stereocenters. The predicted molar refractivity (Wildman–Crippen MR) is 85.7 cm³/mol.